The van der Waals surface area contributed by atoms with E-state index in [4.69, 9.17) is 4.74 Å². The van der Waals surface area contributed by atoms with Crippen molar-refractivity contribution in [1.82, 2.24) is 10.2 Å². The van der Waals surface area contributed by atoms with Crippen LogP contribution in [-0.4, -0.2) is 42.0 Å². The minimum atomic E-state index is -4.65. The standard InChI is InChI=1S/C26H21F3N4O4/c27-26(28,29)17-2-1-3-19(12-17)32-20-8-9-21(34)22(20)23(16-6-4-15(13-30)5-7-16)33(25(32)36)24(35)31-18-10-11-37-14-18/h1-7,12,18,23H,8-11,14H2,(H,31,35)/t18-,23?/m1/s1. The smallest absolute Gasteiger partial charge is 0.379 e. The van der Waals surface area contributed by atoms with E-state index in [1.54, 1.807) is 12.1 Å². The summed E-state index contributed by atoms with van der Waals surface area (Å²) >= 11 is 0. The van der Waals surface area contributed by atoms with Crippen LogP contribution in [0.5, 0.6) is 0 Å². The van der Waals surface area contributed by atoms with Gasteiger partial charge in [-0.1, -0.05) is 18.2 Å². The number of halogens is 3. The number of ketones is 1. The van der Waals surface area contributed by atoms with E-state index in [9.17, 15) is 32.8 Å². The first kappa shape index (κ1) is 24.5. The topological polar surface area (TPSA) is 103 Å². The zero-order valence-electron chi connectivity index (χ0n) is 19.4. The molecule has 0 radical (unpaired) electrons. The molecule has 1 fully saturated rings. The van der Waals surface area contributed by atoms with Crippen molar-refractivity contribution in [3.63, 3.8) is 0 Å². The molecule has 1 aliphatic carbocycles. The average molecular weight is 510 g/mol. The van der Waals surface area contributed by atoms with E-state index in [-0.39, 0.29) is 48.2 Å². The van der Waals surface area contributed by atoms with Gasteiger partial charge < -0.3 is 10.1 Å². The van der Waals surface area contributed by atoms with Crippen LogP contribution in [0.2, 0.25) is 0 Å². The molecule has 8 nitrogen and oxygen atoms in total. The molecule has 2 atom stereocenters. The third-order valence-electron chi connectivity index (χ3n) is 6.66. The van der Waals surface area contributed by atoms with Crippen LogP contribution in [-0.2, 0) is 15.7 Å². The van der Waals surface area contributed by atoms with Crippen LogP contribution >= 0.6 is 0 Å². The number of hydrogen-bond acceptors (Lipinski definition) is 5. The predicted octanol–water partition coefficient (Wildman–Crippen LogP) is 4.68. The Bertz CT molecular complexity index is 1340. The molecule has 1 N–H and O–H groups in total. The molecule has 1 unspecified atom stereocenters. The number of anilines is 1. The van der Waals surface area contributed by atoms with Crippen LogP contribution in [0.25, 0.3) is 0 Å². The zero-order chi connectivity index (χ0) is 26.3. The van der Waals surface area contributed by atoms with Crippen LogP contribution in [0.3, 0.4) is 0 Å². The highest BCUT2D eigenvalue weighted by atomic mass is 19.4. The fourth-order valence-electron chi connectivity index (χ4n) is 4.91. The molecule has 0 saturated carbocycles. The van der Waals surface area contributed by atoms with Gasteiger partial charge in [-0.2, -0.15) is 18.4 Å². The molecule has 0 spiro atoms. The predicted molar refractivity (Wildman–Crippen MR) is 124 cm³/mol. The van der Waals surface area contributed by atoms with Crippen molar-refractivity contribution in [2.45, 2.75) is 37.5 Å². The number of carbonyl (C=O) groups excluding carboxylic acids is 3. The van der Waals surface area contributed by atoms with E-state index in [1.807, 2.05) is 6.07 Å². The fourth-order valence-corrected chi connectivity index (χ4v) is 4.91. The summed E-state index contributed by atoms with van der Waals surface area (Å²) in [4.78, 5) is 42.5. The van der Waals surface area contributed by atoms with Crippen LogP contribution in [0.15, 0.2) is 59.8 Å². The number of imide groups is 1. The van der Waals surface area contributed by atoms with Gasteiger partial charge in [0, 0.05) is 24.3 Å². The molecule has 0 bridgehead atoms. The first-order valence-electron chi connectivity index (χ1n) is 11.6. The van der Waals surface area contributed by atoms with Gasteiger partial charge in [-0.25, -0.2) is 14.5 Å². The molecule has 2 aromatic carbocycles. The van der Waals surface area contributed by atoms with Crippen molar-refractivity contribution < 1.29 is 32.3 Å². The highest BCUT2D eigenvalue weighted by Gasteiger charge is 2.49. The lowest BCUT2D eigenvalue weighted by atomic mass is 9.92. The fraction of sp³-hybridized carbons (Fsp3) is 0.308. The summed E-state index contributed by atoms with van der Waals surface area (Å²) < 4.78 is 45.7. The molecule has 3 aliphatic rings. The van der Waals surface area contributed by atoms with Crippen molar-refractivity contribution in [1.29, 1.82) is 5.26 Å². The van der Waals surface area contributed by atoms with E-state index in [1.165, 1.54) is 24.3 Å². The van der Waals surface area contributed by atoms with Crippen molar-refractivity contribution >= 4 is 23.5 Å². The Balaban J connectivity index is 1.66. The Morgan fingerprint density at radius 3 is 2.51 bits per heavy atom. The van der Waals surface area contributed by atoms with Gasteiger partial charge in [-0.05, 0) is 48.7 Å². The number of benzene rings is 2. The summed E-state index contributed by atoms with van der Waals surface area (Å²) in [6.07, 6.45) is -3.94. The van der Waals surface area contributed by atoms with Gasteiger partial charge in [0.2, 0.25) is 0 Å². The number of hydrogen-bond donors (Lipinski definition) is 1. The summed E-state index contributed by atoms with van der Waals surface area (Å²) in [5.41, 5.74) is 0.149. The molecule has 2 heterocycles. The number of allylic oxidation sites excluding steroid dienone is 1. The lowest BCUT2D eigenvalue weighted by molar-refractivity contribution is -0.137. The summed E-state index contributed by atoms with van der Waals surface area (Å²) in [5, 5.41) is 11.9. The van der Waals surface area contributed by atoms with Gasteiger partial charge in [-0.3, -0.25) is 9.69 Å². The van der Waals surface area contributed by atoms with Crippen LogP contribution in [0, 0.1) is 11.3 Å². The third kappa shape index (κ3) is 4.44. The molecule has 37 heavy (non-hydrogen) atoms. The monoisotopic (exact) mass is 510 g/mol. The van der Waals surface area contributed by atoms with E-state index in [2.05, 4.69) is 5.32 Å². The molecule has 190 valence electrons. The van der Waals surface area contributed by atoms with E-state index in [0.29, 0.717) is 24.2 Å². The van der Waals surface area contributed by atoms with Gasteiger partial charge in [0.1, 0.15) is 0 Å². The van der Waals surface area contributed by atoms with Crippen LogP contribution in [0.4, 0.5) is 28.4 Å². The normalized spacial score (nSPS) is 21.8. The second kappa shape index (κ2) is 9.37. The Morgan fingerprint density at radius 2 is 1.86 bits per heavy atom. The SMILES string of the molecule is N#Cc1ccc(C2C3=C(CCC3=O)N(c3cccc(C(F)(F)F)c3)C(=O)N2C(=O)N[C@@H]2CCOC2)cc1. The number of ether oxygens (including phenoxy) is 1. The second-order valence-corrected chi connectivity index (χ2v) is 8.97. The summed E-state index contributed by atoms with van der Waals surface area (Å²) in [6.45, 7) is 0.682. The average Bonchev–Trinajstić information content (AvgIpc) is 3.52. The number of Topliss-reactive ketones (excluding diaryl/α,β-unsaturated/α-hetero) is 1. The minimum absolute atomic E-state index is 0.0477. The number of nitriles is 1. The highest BCUT2D eigenvalue weighted by molar-refractivity contribution is 6.12. The maximum Gasteiger partial charge on any atom is 0.416 e. The largest absolute Gasteiger partial charge is 0.416 e. The number of amides is 4. The molecule has 5 rings (SSSR count). The molecule has 4 amide bonds. The number of carbonyl (C=O) groups is 3. The molecule has 2 aromatic rings. The maximum atomic E-state index is 13.9. The van der Waals surface area contributed by atoms with Crippen LogP contribution in [0.1, 0.15) is 42.0 Å². The molecule has 0 aromatic heterocycles. The summed E-state index contributed by atoms with van der Waals surface area (Å²) in [6, 6.07) is 9.24. The minimum Gasteiger partial charge on any atom is -0.379 e. The van der Waals surface area contributed by atoms with E-state index < -0.39 is 29.8 Å². The summed E-state index contributed by atoms with van der Waals surface area (Å²) in [5.74, 6) is -0.309. The van der Waals surface area contributed by atoms with Crippen molar-refractivity contribution in [3.05, 3.63) is 76.5 Å². The number of rotatable bonds is 3. The lowest BCUT2D eigenvalue weighted by Crippen LogP contribution is -2.56. The first-order chi connectivity index (χ1) is 17.7. The third-order valence-corrected chi connectivity index (χ3v) is 6.66. The zero-order valence-corrected chi connectivity index (χ0v) is 19.4. The lowest BCUT2D eigenvalue weighted by Gasteiger charge is -2.41. The molecule has 2 aliphatic heterocycles. The van der Waals surface area contributed by atoms with Gasteiger partial charge in [-0.15, -0.1) is 0 Å². The number of urea groups is 2. The van der Waals surface area contributed by atoms with Crippen LogP contribution < -0.4 is 10.2 Å². The molecular formula is C26H21F3N4O4. The van der Waals surface area contributed by atoms with Gasteiger partial charge in [0.25, 0.3) is 0 Å². The summed E-state index contributed by atoms with van der Waals surface area (Å²) in [7, 11) is 0. The van der Waals surface area contributed by atoms with E-state index >= 15 is 0 Å². The van der Waals surface area contributed by atoms with Crippen molar-refractivity contribution in [3.8, 4) is 6.07 Å². The highest BCUT2D eigenvalue weighted by Crippen LogP contribution is 2.45. The first-order valence-corrected chi connectivity index (χ1v) is 11.6. The quantitative estimate of drug-likeness (QED) is 0.646. The van der Waals surface area contributed by atoms with E-state index in [0.717, 1.165) is 21.9 Å². The van der Waals surface area contributed by atoms with Gasteiger partial charge >= 0.3 is 18.2 Å². The second-order valence-electron chi connectivity index (χ2n) is 8.97. The van der Waals surface area contributed by atoms with Crippen molar-refractivity contribution in [2.75, 3.05) is 18.1 Å². The van der Waals surface area contributed by atoms with Gasteiger partial charge in [0.05, 0.1) is 41.6 Å². The Labute approximate surface area is 209 Å². The molecule has 1 saturated heterocycles. The maximum absolute atomic E-state index is 13.9. The molecular weight excluding hydrogens is 489 g/mol. The Hall–Kier alpha value is -4.17. The number of nitrogens with one attached hydrogen (secondary N) is 1. The van der Waals surface area contributed by atoms with Crippen molar-refractivity contribution in [2.24, 2.45) is 0 Å². The number of alkyl halides is 3. The Morgan fingerprint density at radius 1 is 1.11 bits per heavy atom. The van der Waals surface area contributed by atoms with Gasteiger partial charge in [0.15, 0.2) is 5.78 Å². The molecule has 11 heteroatoms. The Kier molecular flexibility index (Phi) is 6.21. The number of nitrogens with zero attached hydrogens (tertiary/aromatic N) is 3.